The molecule has 1 heterocycles. The van der Waals surface area contributed by atoms with Crippen molar-refractivity contribution in [2.45, 2.75) is 6.04 Å². The number of anilines is 1. The second-order valence-corrected chi connectivity index (χ2v) is 6.12. The van der Waals surface area contributed by atoms with Crippen molar-refractivity contribution >= 4 is 17.3 Å². The molecule has 142 valence electrons. The second kappa shape index (κ2) is 8.61. The number of amides is 1. The molecule has 0 aliphatic carbocycles. The average Bonchev–Trinajstić information content (AvgIpc) is 2.70. The molecule has 1 aliphatic rings. The first kappa shape index (κ1) is 18.8. The molecule has 8 heteroatoms. The predicted octanol–water partition coefficient (Wildman–Crippen LogP) is 2.62. The number of nitrogens with one attached hydrogen (secondary N) is 1. The highest BCUT2D eigenvalue weighted by molar-refractivity contribution is 5.95. The van der Waals surface area contributed by atoms with Gasteiger partial charge >= 0.3 is 0 Å². The molecule has 0 radical (unpaired) electrons. The molecule has 2 aromatic rings. The number of morpholine rings is 1. The highest BCUT2D eigenvalue weighted by Crippen LogP contribution is 2.26. The third kappa shape index (κ3) is 4.60. The summed E-state index contributed by atoms with van der Waals surface area (Å²) in [6.45, 7) is 2.30. The van der Waals surface area contributed by atoms with Gasteiger partial charge in [0.2, 0.25) is 5.91 Å². The van der Waals surface area contributed by atoms with E-state index in [-0.39, 0.29) is 11.6 Å². The van der Waals surface area contributed by atoms with Crippen molar-refractivity contribution in [1.82, 2.24) is 4.90 Å². The molecule has 0 unspecified atom stereocenters. The van der Waals surface area contributed by atoms with Crippen LogP contribution in [0.25, 0.3) is 0 Å². The molecular formula is C19H21N3O5. The fraction of sp³-hybridized carbons (Fsp3) is 0.316. The van der Waals surface area contributed by atoms with Crippen LogP contribution in [0.1, 0.15) is 11.6 Å². The molecule has 1 N–H and O–H groups in total. The van der Waals surface area contributed by atoms with E-state index in [1.54, 1.807) is 43.5 Å². The lowest BCUT2D eigenvalue weighted by atomic mass is 10.0. The maximum absolute atomic E-state index is 13.0. The first-order valence-corrected chi connectivity index (χ1v) is 8.59. The van der Waals surface area contributed by atoms with Crippen LogP contribution < -0.4 is 10.1 Å². The van der Waals surface area contributed by atoms with Crippen molar-refractivity contribution in [3.8, 4) is 5.75 Å². The van der Waals surface area contributed by atoms with Crippen LogP contribution in [0.5, 0.6) is 5.75 Å². The van der Waals surface area contributed by atoms with Crippen LogP contribution in [0.4, 0.5) is 11.4 Å². The quantitative estimate of drug-likeness (QED) is 0.620. The summed E-state index contributed by atoms with van der Waals surface area (Å²) in [7, 11) is 1.58. The zero-order valence-electron chi connectivity index (χ0n) is 15.0. The van der Waals surface area contributed by atoms with Crippen molar-refractivity contribution in [3.63, 3.8) is 0 Å². The molecule has 1 saturated heterocycles. The number of benzene rings is 2. The van der Waals surface area contributed by atoms with Gasteiger partial charge in [-0.15, -0.1) is 0 Å². The Bertz CT molecular complexity index is 786. The van der Waals surface area contributed by atoms with E-state index in [1.165, 1.54) is 12.1 Å². The van der Waals surface area contributed by atoms with Gasteiger partial charge in [0.15, 0.2) is 0 Å². The van der Waals surface area contributed by atoms with E-state index >= 15 is 0 Å². The number of nitrogens with zero attached hydrogens (tertiary/aromatic N) is 2. The SMILES string of the molecule is COc1ccc(NC(=O)[C@@H](c2ccc([N+](=O)[O-])cc2)N2CCOCC2)cc1. The van der Waals surface area contributed by atoms with Crippen LogP contribution >= 0.6 is 0 Å². The summed E-state index contributed by atoms with van der Waals surface area (Å²) in [4.78, 5) is 25.5. The Morgan fingerprint density at radius 3 is 2.33 bits per heavy atom. The maximum atomic E-state index is 13.0. The Hall–Kier alpha value is -2.97. The van der Waals surface area contributed by atoms with Gasteiger partial charge in [-0.25, -0.2) is 0 Å². The predicted molar refractivity (Wildman–Crippen MR) is 99.9 cm³/mol. The number of nitro benzene ring substituents is 1. The summed E-state index contributed by atoms with van der Waals surface area (Å²) in [5, 5.41) is 13.8. The maximum Gasteiger partial charge on any atom is 0.269 e. The third-order valence-corrected chi connectivity index (χ3v) is 4.44. The Balaban J connectivity index is 1.83. The largest absolute Gasteiger partial charge is 0.497 e. The molecule has 0 bridgehead atoms. The van der Waals surface area contributed by atoms with Crippen LogP contribution in [0.3, 0.4) is 0 Å². The number of non-ortho nitro benzene ring substituents is 1. The zero-order chi connectivity index (χ0) is 19.2. The summed E-state index contributed by atoms with van der Waals surface area (Å²) in [5.41, 5.74) is 1.35. The van der Waals surface area contributed by atoms with E-state index in [9.17, 15) is 14.9 Å². The molecule has 1 aliphatic heterocycles. The van der Waals surface area contributed by atoms with Crippen molar-refractivity contribution in [3.05, 3.63) is 64.2 Å². The number of rotatable bonds is 6. The van der Waals surface area contributed by atoms with Gasteiger partial charge in [0.1, 0.15) is 11.8 Å². The third-order valence-electron chi connectivity index (χ3n) is 4.44. The second-order valence-electron chi connectivity index (χ2n) is 6.12. The van der Waals surface area contributed by atoms with E-state index in [0.717, 1.165) is 0 Å². The molecule has 0 aromatic heterocycles. The van der Waals surface area contributed by atoms with Gasteiger partial charge in [-0.1, -0.05) is 12.1 Å². The van der Waals surface area contributed by atoms with E-state index in [1.807, 2.05) is 4.90 Å². The molecule has 3 rings (SSSR count). The molecule has 1 atom stereocenters. The van der Waals surface area contributed by atoms with Gasteiger partial charge < -0.3 is 14.8 Å². The summed E-state index contributed by atoms with van der Waals surface area (Å²) in [6.07, 6.45) is 0. The number of carbonyl (C=O) groups excluding carboxylic acids is 1. The topological polar surface area (TPSA) is 93.9 Å². The van der Waals surface area contributed by atoms with Gasteiger partial charge in [0.25, 0.3) is 5.69 Å². The number of ether oxygens (including phenoxy) is 2. The van der Waals surface area contributed by atoms with Crippen LogP contribution in [0, 0.1) is 10.1 Å². The summed E-state index contributed by atoms with van der Waals surface area (Å²) < 4.78 is 10.5. The minimum Gasteiger partial charge on any atom is -0.497 e. The highest BCUT2D eigenvalue weighted by atomic mass is 16.6. The number of hydrogen-bond donors (Lipinski definition) is 1. The van der Waals surface area contributed by atoms with E-state index in [4.69, 9.17) is 9.47 Å². The lowest BCUT2D eigenvalue weighted by Gasteiger charge is -2.33. The Morgan fingerprint density at radius 2 is 1.78 bits per heavy atom. The number of methoxy groups -OCH3 is 1. The fourth-order valence-corrected chi connectivity index (χ4v) is 3.03. The van der Waals surface area contributed by atoms with Crippen LogP contribution in [0.2, 0.25) is 0 Å². The first-order valence-electron chi connectivity index (χ1n) is 8.59. The van der Waals surface area contributed by atoms with Crippen LogP contribution in [0.15, 0.2) is 48.5 Å². The van der Waals surface area contributed by atoms with Crippen LogP contribution in [-0.4, -0.2) is 49.1 Å². The Labute approximate surface area is 156 Å². The van der Waals surface area contributed by atoms with E-state index in [2.05, 4.69) is 5.32 Å². The first-order chi connectivity index (χ1) is 13.1. The number of carbonyl (C=O) groups is 1. The summed E-state index contributed by atoms with van der Waals surface area (Å²) in [5.74, 6) is 0.504. The summed E-state index contributed by atoms with van der Waals surface area (Å²) in [6, 6.07) is 12.6. The lowest BCUT2D eigenvalue weighted by molar-refractivity contribution is -0.384. The molecule has 1 fully saturated rings. The molecule has 1 amide bonds. The summed E-state index contributed by atoms with van der Waals surface area (Å²) >= 11 is 0. The molecule has 0 saturated carbocycles. The Kier molecular flexibility index (Phi) is 6.00. The van der Waals surface area contributed by atoms with Gasteiger partial charge in [0, 0.05) is 30.9 Å². The zero-order valence-corrected chi connectivity index (χ0v) is 15.0. The van der Waals surface area contributed by atoms with Gasteiger partial charge in [-0.05, 0) is 29.8 Å². The Morgan fingerprint density at radius 1 is 1.15 bits per heavy atom. The van der Waals surface area contributed by atoms with Gasteiger partial charge in [-0.2, -0.15) is 0 Å². The molecule has 27 heavy (non-hydrogen) atoms. The molecule has 0 spiro atoms. The van der Waals surface area contributed by atoms with Crippen molar-refractivity contribution in [1.29, 1.82) is 0 Å². The van der Waals surface area contributed by atoms with Crippen molar-refractivity contribution < 1.29 is 19.2 Å². The fourth-order valence-electron chi connectivity index (χ4n) is 3.03. The van der Waals surface area contributed by atoms with Gasteiger partial charge in [-0.3, -0.25) is 19.8 Å². The molecule has 8 nitrogen and oxygen atoms in total. The monoisotopic (exact) mass is 371 g/mol. The standard InChI is InChI=1S/C19H21N3O5/c1-26-17-8-4-15(5-9-17)20-19(23)18(21-10-12-27-13-11-21)14-2-6-16(7-3-14)22(24)25/h2-9,18H,10-13H2,1H3,(H,20,23)/t18-/m1/s1. The van der Waals surface area contributed by atoms with Gasteiger partial charge in [0.05, 0.1) is 25.2 Å². The minimum absolute atomic E-state index is 0.00459. The number of nitro groups is 1. The lowest BCUT2D eigenvalue weighted by Crippen LogP contribution is -2.43. The van der Waals surface area contributed by atoms with Crippen LogP contribution in [-0.2, 0) is 9.53 Å². The smallest absolute Gasteiger partial charge is 0.269 e. The average molecular weight is 371 g/mol. The number of hydrogen-bond acceptors (Lipinski definition) is 6. The highest BCUT2D eigenvalue weighted by Gasteiger charge is 2.29. The van der Waals surface area contributed by atoms with E-state index in [0.29, 0.717) is 43.3 Å². The van der Waals surface area contributed by atoms with Crippen molar-refractivity contribution in [2.75, 3.05) is 38.7 Å². The molecular weight excluding hydrogens is 350 g/mol. The normalized spacial score (nSPS) is 15.7. The molecule has 2 aromatic carbocycles. The van der Waals surface area contributed by atoms with E-state index < -0.39 is 11.0 Å². The van der Waals surface area contributed by atoms with Crippen molar-refractivity contribution in [2.24, 2.45) is 0 Å². The minimum atomic E-state index is -0.559.